The van der Waals surface area contributed by atoms with E-state index in [1.807, 2.05) is 6.92 Å². The summed E-state index contributed by atoms with van der Waals surface area (Å²) < 4.78 is 13.2. The number of carbonyl (C=O) groups is 1. The van der Waals surface area contributed by atoms with Crippen LogP contribution < -0.4 is 0 Å². The first kappa shape index (κ1) is 15.1. The van der Waals surface area contributed by atoms with Crippen LogP contribution in [0.25, 0.3) is 0 Å². The molecule has 0 aliphatic heterocycles. The lowest BCUT2D eigenvalue weighted by molar-refractivity contribution is 0.0380. The molecule has 0 saturated heterocycles. The largest absolute Gasteiger partial charge is 0.458 e. The van der Waals surface area contributed by atoms with Crippen molar-refractivity contribution in [2.24, 2.45) is 0 Å². The number of hydrogen-bond acceptors (Lipinski definition) is 7. The first-order valence-electron chi connectivity index (χ1n) is 6.60. The van der Waals surface area contributed by atoms with Gasteiger partial charge in [-0.1, -0.05) is 5.21 Å². The van der Waals surface area contributed by atoms with Gasteiger partial charge >= 0.3 is 5.97 Å². The van der Waals surface area contributed by atoms with Gasteiger partial charge in [0.1, 0.15) is 25.3 Å². The van der Waals surface area contributed by atoms with Gasteiger partial charge in [0.15, 0.2) is 5.69 Å². The zero-order chi connectivity index (χ0) is 15.2. The van der Waals surface area contributed by atoms with Crippen molar-refractivity contribution in [1.29, 1.82) is 0 Å². The average molecular weight is 294 g/mol. The minimum atomic E-state index is -0.507. The molecule has 21 heavy (non-hydrogen) atoms. The van der Waals surface area contributed by atoms with Crippen LogP contribution in [0, 0.1) is 6.92 Å². The molecule has 2 aromatic heterocycles. The third-order valence-electron chi connectivity index (χ3n) is 2.98. The Morgan fingerprint density at radius 1 is 1.33 bits per heavy atom. The van der Waals surface area contributed by atoms with Crippen LogP contribution in [0.2, 0.25) is 0 Å². The van der Waals surface area contributed by atoms with Crippen molar-refractivity contribution in [2.75, 3.05) is 20.3 Å². The second kappa shape index (κ2) is 6.93. The molecule has 0 amide bonds. The highest BCUT2D eigenvalue weighted by atomic mass is 16.6. The lowest BCUT2D eigenvalue weighted by Gasteiger charge is -2.05. The number of ether oxygens (including phenoxy) is 2. The maximum absolute atomic E-state index is 11.9. The summed E-state index contributed by atoms with van der Waals surface area (Å²) in [4.78, 5) is 16.0. The van der Waals surface area contributed by atoms with E-state index in [9.17, 15) is 4.79 Å². The van der Waals surface area contributed by atoms with Gasteiger partial charge in [-0.25, -0.2) is 19.1 Å². The highest BCUT2D eigenvalue weighted by Crippen LogP contribution is 2.08. The van der Waals surface area contributed by atoms with Crippen molar-refractivity contribution in [3.63, 3.8) is 0 Å². The number of esters is 1. The Morgan fingerprint density at radius 2 is 2.14 bits per heavy atom. The number of aryl methyl sites for hydroxylation is 1. The van der Waals surface area contributed by atoms with E-state index in [4.69, 9.17) is 9.47 Å². The molecule has 2 heterocycles. The molecule has 0 saturated carbocycles. The van der Waals surface area contributed by atoms with Crippen molar-refractivity contribution in [2.45, 2.75) is 26.9 Å². The van der Waals surface area contributed by atoms with Gasteiger partial charge in [-0.05, 0) is 13.8 Å². The van der Waals surface area contributed by atoms with E-state index in [-0.39, 0.29) is 12.3 Å². The summed E-state index contributed by atoms with van der Waals surface area (Å²) in [5.41, 5.74) is 0.830. The van der Waals surface area contributed by atoms with Gasteiger partial charge in [0.25, 0.3) is 0 Å². The van der Waals surface area contributed by atoms with Crippen LogP contribution in [-0.4, -0.2) is 56.1 Å². The Hall–Kier alpha value is -2.29. The zero-order valence-electron chi connectivity index (χ0n) is 12.3. The van der Waals surface area contributed by atoms with Crippen LogP contribution in [0.15, 0.2) is 6.33 Å². The lowest BCUT2D eigenvalue weighted by Crippen LogP contribution is -2.13. The summed E-state index contributed by atoms with van der Waals surface area (Å²) in [6.45, 7) is 5.39. The van der Waals surface area contributed by atoms with Gasteiger partial charge in [-0.2, -0.15) is 5.10 Å². The van der Waals surface area contributed by atoms with E-state index in [0.29, 0.717) is 18.8 Å². The van der Waals surface area contributed by atoms with Crippen molar-refractivity contribution in [3.05, 3.63) is 23.5 Å². The van der Waals surface area contributed by atoms with E-state index in [1.165, 1.54) is 6.33 Å². The van der Waals surface area contributed by atoms with Crippen LogP contribution in [0.3, 0.4) is 0 Å². The van der Waals surface area contributed by atoms with Crippen molar-refractivity contribution >= 4 is 5.97 Å². The summed E-state index contributed by atoms with van der Waals surface area (Å²) in [7, 11) is 1.54. The maximum atomic E-state index is 11.9. The van der Waals surface area contributed by atoms with E-state index < -0.39 is 5.97 Å². The van der Waals surface area contributed by atoms with Crippen LogP contribution in [0.5, 0.6) is 0 Å². The van der Waals surface area contributed by atoms with Crippen LogP contribution in [0.1, 0.15) is 28.9 Å². The normalized spacial score (nSPS) is 10.8. The SMILES string of the molecule is CCn1ncnc1Cn1nnc(C(=O)OCCOC)c1C. The monoisotopic (exact) mass is 294 g/mol. The summed E-state index contributed by atoms with van der Waals surface area (Å²) in [6, 6.07) is 0. The van der Waals surface area contributed by atoms with Gasteiger partial charge in [0.05, 0.1) is 12.3 Å². The molecule has 0 fully saturated rings. The molecule has 2 aromatic rings. The number of nitrogens with zero attached hydrogens (tertiary/aromatic N) is 6. The summed E-state index contributed by atoms with van der Waals surface area (Å²) in [5.74, 6) is 0.248. The summed E-state index contributed by atoms with van der Waals surface area (Å²) in [5, 5.41) is 11.9. The summed E-state index contributed by atoms with van der Waals surface area (Å²) in [6.07, 6.45) is 1.49. The first-order chi connectivity index (χ1) is 10.2. The van der Waals surface area contributed by atoms with Crippen LogP contribution >= 0.6 is 0 Å². The quantitative estimate of drug-likeness (QED) is 0.525. The highest BCUT2D eigenvalue weighted by molar-refractivity contribution is 5.88. The molecule has 0 aliphatic carbocycles. The predicted molar refractivity (Wildman–Crippen MR) is 71.7 cm³/mol. The van der Waals surface area contributed by atoms with Crippen molar-refractivity contribution in [3.8, 4) is 0 Å². The second-order valence-electron chi connectivity index (χ2n) is 4.30. The zero-order valence-corrected chi connectivity index (χ0v) is 12.3. The molecule has 9 heteroatoms. The number of carbonyl (C=O) groups excluding carboxylic acids is 1. The van der Waals surface area contributed by atoms with Crippen LogP contribution in [-0.2, 0) is 22.6 Å². The minimum absolute atomic E-state index is 0.186. The fourth-order valence-electron chi connectivity index (χ4n) is 1.79. The molecule has 0 radical (unpaired) electrons. The molecule has 0 aromatic carbocycles. The Balaban J connectivity index is 2.08. The number of hydrogen-bond donors (Lipinski definition) is 0. The lowest BCUT2D eigenvalue weighted by atomic mass is 10.3. The molecule has 114 valence electrons. The molecule has 0 aliphatic rings. The molecule has 0 spiro atoms. The molecule has 0 atom stereocenters. The topological polar surface area (TPSA) is 97.0 Å². The first-order valence-corrected chi connectivity index (χ1v) is 6.60. The van der Waals surface area contributed by atoms with E-state index in [2.05, 4.69) is 20.4 Å². The maximum Gasteiger partial charge on any atom is 0.360 e. The summed E-state index contributed by atoms with van der Waals surface area (Å²) >= 11 is 0. The molecule has 2 rings (SSSR count). The number of rotatable bonds is 7. The van der Waals surface area contributed by atoms with Gasteiger partial charge in [0.2, 0.25) is 0 Å². The van der Waals surface area contributed by atoms with Crippen LogP contribution in [0.4, 0.5) is 0 Å². The van der Waals surface area contributed by atoms with E-state index in [1.54, 1.807) is 23.4 Å². The Labute approximate surface area is 121 Å². The third kappa shape index (κ3) is 3.43. The van der Waals surface area contributed by atoms with Crippen molar-refractivity contribution < 1.29 is 14.3 Å². The standard InChI is InChI=1S/C12H18N6O3/c1-4-17-10(13-8-14-17)7-18-9(2)11(15-16-18)12(19)21-6-5-20-3/h8H,4-7H2,1-3H3. The van der Waals surface area contributed by atoms with Gasteiger partial charge in [-0.15, -0.1) is 5.10 Å². The van der Waals surface area contributed by atoms with Crippen molar-refractivity contribution in [1.82, 2.24) is 29.8 Å². The van der Waals surface area contributed by atoms with E-state index in [0.717, 1.165) is 12.4 Å². The molecular weight excluding hydrogens is 276 g/mol. The Morgan fingerprint density at radius 3 is 2.86 bits per heavy atom. The predicted octanol–water partition coefficient (Wildman–Crippen LogP) is 0.0494. The second-order valence-corrected chi connectivity index (χ2v) is 4.30. The molecule has 0 N–H and O–H groups in total. The Bertz CT molecular complexity index is 606. The molecular formula is C12H18N6O3. The van der Waals surface area contributed by atoms with E-state index >= 15 is 0 Å². The minimum Gasteiger partial charge on any atom is -0.458 e. The molecule has 0 bridgehead atoms. The average Bonchev–Trinajstić information content (AvgIpc) is 3.07. The molecule has 0 unspecified atom stereocenters. The van der Waals surface area contributed by atoms with Gasteiger partial charge < -0.3 is 9.47 Å². The highest BCUT2D eigenvalue weighted by Gasteiger charge is 2.18. The van der Waals surface area contributed by atoms with Gasteiger partial charge in [-0.3, -0.25) is 0 Å². The smallest absolute Gasteiger partial charge is 0.360 e. The number of methoxy groups -OCH3 is 1. The molecule has 9 nitrogen and oxygen atoms in total. The fraction of sp³-hybridized carbons (Fsp3) is 0.583. The Kier molecular flexibility index (Phi) is 4.99. The fourth-order valence-corrected chi connectivity index (χ4v) is 1.79. The third-order valence-corrected chi connectivity index (χ3v) is 2.98. The number of aromatic nitrogens is 6. The van der Waals surface area contributed by atoms with Gasteiger partial charge in [0, 0.05) is 13.7 Å².